The lowest BCUT2D eigenvalue weighted by molar-refractivity contribution is 0.409. The van der Waals surface area contributed by atoms with E-state index in [1.54, 1.807) is 31.6 Å². The predicted molar refractivity (Wildman–Crippen MR) is 112 cm³/mol. The summed E-state index contributed by atoms with van der Waals surface area (Å²) in [5.41, 5.74) is 2.10. The third-order valence-corrected chi connectivity index (χ3v) is 4.71. The molecule has 0 aliphatic heterocycles. The molecule has 1 aromatic carbocycles. The van der Waals surface area contributed by atoms with Gasteiger partial charge < -0.3 is 15.4 Å². The first-order valence-electron chi connectivity index (χ1n) is 7.23. The molecular weight excluding hydrogens is 459 g/mol. The average Bonchev–Trinajstić information content (AvgIpc) is 2.86. The van der Waals surface area contributed by atoms with Gasteiger partial charge in [-0.3, -0.25) is 4.99 Å². The van der Waals surface area contributed by atoms with E-state index in [4.69, 9.17) is 16.3 Å². The normalized spacial score (nSPS) is 11.0. The largest absolute Gasteiger partial charge is 0.496 e. The van der Waals surface area contributed by atoms with Gasteiger partial charge in [0.15, 0.2) is 5.96 Å². The second kappa shape index (κ2) is 10.0. The Balaban J connectivity index is 0.00000288. The Bertz CT molecular complexity index is 686. The number of halogens is 2. The van der Waals surface area contributed by atoms with Crippen molar-refractivity contribution in [1.29, 1.82) is 0 Å². The van der Waals surface area contributed by atoms with Gasteiger partial charge in [-0.1, -0.05) is 17.7 Å². The number of aliphatic imine (C=N–C) groups is 1. The van der Waals surface area contributed by atoms with Crippen LogP contribution in [0.2, 0.25) is 5.02 Å². The van der Waals surface area contributed by atoms with Crippen molar-refractivity contribution in [2.75, 3.05) is 14.2 Å². The summed E-state index contributed by atoms with van der Waals surface area (Å²) in [5, 5.41) is 8.23. The Morgan fingerprint density at radius 3 is 2.58 bits per heavy atom. The van der Waals surface area contributed by atoms with Crippen LogP contribution in [0.15, 0.2) is 23.2 Å². The number of hydrogen-bond acceptors (Lipinski definition) is 4. The van der Waals surface area contributed by atoms with E-state index in [-0.39, 0.29) is 24.0 Å². The van der Waals surface area contributed by atoms with E-state index in [1.165, 1.54) is 4.88 Å². The smallest absolute Gasteiger partial charge is 0.191 e. The van der Waals surface area contributed by atoms with E-state index < -0.39 is 0 Å². The first-order chi connectivity index (χ1) is 11.0. The van der Waals surface area contributed by atoms with Gasteiger partial charge in [-0.15, -0.1) is 35.3 Å². The number of nitrogens with zero attached hydrogens (tertiary/aromatic N) is 2. The third-order valence-electron chi connectivity index (χ3n) is 3.40. The van der Waals surface area contributed by atoms with E-state index in [2.05, 4.69) is 27.5 Å². The highest BCUT2D eigenvalue weighted by atomic mass is 127. The molecule has 0 aliphatic rings. The van der Waals surface area contributed by atoms with Crippen molar-refractivity contribution in [2.45, 2.75) is 26.9 Å². The molecule has 0 fully saturated rings. The first kappa shape index (κ1) is 21.0. The molecule has 1 heterocycles. The molecule has 0 spiro atoms. The van der Waals surface area contributed by atoms with Crippen molar-refractivity contribution in [1.82, 2.24) is 15.6 Å². The molecule has 24 heavy (non-hydrogen) atoms. The molecule has 2 aromatic rings. The lowest BCUT2D eigenvalue weighted by Gasteiger charge is -2.13. The average molecular weight is 481 g/mol. The molecule has 0 radical (unpaired) electrons. The van der Waals surface area contributed by atoms with E-state index in [9.17, 15) is 0 Å². The van der Waals surface area contributed by atoms with Gasteiger partial charge in [-0.05, 0) is 26.0 Å². The maximum absolute atomic E-state index is 5.98. The number of thiazole rings is 1. The molecular formula is C16H22ClIN4OS. The summed E-state index contributed by atoms with van der Waals surface area (Å²) in [5.74, 6) is 1.47. The Kier molecular flexibility index (Phi) is 8.79. The summed E-state index contributed by atoms with van der Waals surface area (Å²) in [6.07, 6.45) is 0. The second-order valence-corrected chi connectivity index (χ2v) is 6.71. The lowest BCUT2D eigenvalue weighted by atomic mass is 10.2. The van der Waals surface area contributed by atoms with Crippen LogP contribution in [-0.2, 0) is 13.1 Å². The maximum Gasteiger partial charge on any atom is 0.191 e. The SMILES string of the molecule is CN=C(NCc1nc(C)c(C)s1)NCc1ccc(Cl)cc1OC.I. The number of aromatic nitrogens is 1. The zero-order chi connectivity index (χ0) is 16.8. The Morgan fingerprint density at radius 2 is 2.00 bits per heavy atom. The van der Waals surface area contributed by atoms with Gasteiger partial charge in [0.1, 0.15) is 10.8 Å². The fourth-order valence-corrected chi connectivity index (χ4v) is 3.07. The van der Waals surface area contributed by atoms with Crippen LogP contribution in [0, 0.1) is 13.8 Å². The molecule has 0 saturated carbocycles. The summed E-state index contributed by atoms with van der Waals surface area (Å²) in [7, 11) is 3.38. The van der Waals surface area contributed by atoms with Crippen molar-refractivity contribution in [2.24, 2.45) is 4.99 Å². The monoisotopic (exact) mass is 480 g/mol. The zero-order valence-corrected chi connectivity index (χ0v) is 18.0. The molecule has 5 nitrogen and oxygen atoms in total. The number of hydrogen-bond donors (Lipinski definition) is 2. The van der Waals surface area contributed by atoms with Crippen LogP contribution in [0.4, 0.5) is 0 Å². The first-order valence-corrected chi connectivity index (χ1v) is 8.42. The number of methoxy groups -OCH3 is 1. The van der Waals surface area contributed by atoms with Crippen LogP contribution >= 0.6 is 46.9 Å². The minimum absolute atomic E-state index is 0. The van der Waals surface area contributed by atoms with Crippen LogP contribution in [0.1, 0.15) is 21.1 Å². The highest BCUT2D eigenvalue weighted by Gasteiger charge is 2.07. The standard InChI is InChI=1S/C16H21ClN4OS.HI/c1-10-11(2)23-15(21-10)9-20-16(18-3)19-8-12-5-6-13(17)7-14(12)22-4;/h5-7H,8-9H2,1-4H3,(H2,18,19,20);1H. The fraction of sp³-hybridized carbons (Fsp3) is 0.375. The summed E-state index contributed by atoms with van der Waals surface area (Å²) in [6, 6.07) is 5.59. The molecule has 1 aromatic heterocycles. The minimum Gasteiger partial charge on any atom is -0.496 e. The lowest BCUT2D eigenvalue weighted by Crippen LogP contribution is -2.36. The highest BCUT2D eigenvalue weighted by molar-refractivity contribution is 14.0. The van der Waals surface area contributed by atoms with Gasteiger partial charge in [-0.25, -0.2) is 4.98 Å². The summed E-state index contributed by atoms with van der Waals surface area (Å²) < 4.78 is 5.34. The van der Waals surface area contributed by atoms with Crippen LogP contribution in [-0.4, -0.2) is 25.1 Å². The van der Waals surface area contributed by atoms with Crippen molar-refractivity contribution in [3.63, 3.8) is 0 Å². The van der Waals surface area contributed by atoms with E-state index in [0.717, 1.165) is 22.0 Å². The van der Waals surface area contributed by atoms with Crippen molar-refractivity contribution in [3.05, 3.63) is 44.4 Å². The van der Waals surface area contributed by atoms with E-state index >= 15 is 0 Å². The number of benzene rings is 1. The summed E-state index contributed by atoms with van der Waals surface area (Å²) in [6.45, 7) is 5.35. The Labute approximate surface area is 168 Å². The number of rotatable bonds is 5. The van der Waals surface area contributed by atoms with Crippen LogP contribution < -0.4 is 15.4 Å². The third kappa shape index (κ3) is 5.78. The van der Waals surface area contributed by atoms with Crippen LogP contribution in [0.5, 0.6) is 5.75 Å². The molecule has 2 N–H and O–H groups in total. The molecule has 0 saturated heterocycles. The molecule has 132 valence electrons. The van der Waals surface area contributed by atoms with Gasteiger partial charge in [0.25, 0.3) is 0 Å². The molecule has 8 heteroatoms. The van der Waals surface area contributed by atoms with Gasteiger partial charge in [0.05, 0.1) is 19.3 Å². The van der Waals surface area contributed by atoms with Gasteiger partial charge in [0, 0.05) is 29.1 Å². The predicted octanol–water partition coefficient (Wildman–Crippen LogP) is 3.91. The van der Waals surface area contributed by atoms with E-state index in [1.807, 2.05) is 19.1 Å². The maximum atomic E-state index is 5.98. The summed E-state index contributed by atoms with van der Waals surface area (Å²) >= 11 is 7.67. The van der Waals surface area contributed by atoms with Crippen LogP contribution in [0.25, 0.3) is 0 Å². The minimum atomic E-state index is 0. The Morgan fingerprint density at radius 1 is 1.29 bits per heavy atom. The number of aryl methyl sites for hydroxylation is 2. The van der Waals surface area contributed by atoms with Crippen LogP contribution in [0.3, 0.4) is 0 Å². The van der Waals surface area contributed by atoms with Crippen molar-refractivity contribution < 1.29 is 4.74 Å². The topological polar surface area (TPSA) is 58.5 Å². The Hall–Kier alpha value is -1.06. The number of guanidine groups is 1. The van der Waals surface area contributed by atoms with Crippen molar-refractivity contribution in [3.8, 4) is 5.75 Å². The highest BCUT2D eigenvalue weighted by Crippen LogP contribution is 2.22. The van der Waals surface area contributed by atoms with Gasteiger partial charge in [0.2, 0.25) is 0 Å². The molecule has 2 rings (SSSR count). The molecule has 0 bridgehead atoms. The van der Waals surface area contributed by atoms with Gasteiger partial charge in [-0.2, -0.15) is 0 Å². The van der Waals surface area contributed by atoms with Gasteiger partial charge >= 0.3 is 0 Å². The second-order valence-electron chi connectivity index (χ2n) is 4.98. The zero-order valence-electron chi connectivity index (χ0n) is 14.1. The fourth-order valence-electron chi connectivity index (χ4n) is 2.04. The van der Waals surface area contributed by atoms with E-state index in [0.29, 0.717) is 24.1 Å². The molecule has 0 amide bonds. The number of nitrogens with one attached hydrogen (secondary N) is 2. The quantitative estimate of drug-likeness (QED) is 0.387. The molecule has 0 unspecified atom stereocenters. The van der Waals surface area contributed by atoms with Crippen molar-refractivity contribution >= 4 is 52.9 Å². The molecule has 0 aliphatic carbocycles. The molecule has 0 atom stereocenters. The summed E-state index contributed by atoms with van der Waals surface area (Å²) in [4.78, 5) is 9.98. The number of ether oxygens (including phenoxy) is 1.